The Balaban J connectivity index is 2.03. The Labute approximate surface area is 118 Å². The van der Waals surface area contributed by atoms with Crippen LogP contribution in [-0.4, -0.2) is 22.0 Å². The maximum atomic E-state index is 12.1. The van der Waals surface area contributed by atoms with Gasteiger partial charge in [0.05, 0.1) is 12.4 Å². The Morgan fingerprint density at radius 2 is 2.30 bits per heavy atom. The molecule has 0 aliphatic carbocycles. The number of nitrogens with two attached hydrogens (primary N) is 1. The third-order valence-electron chi connectivity index (χ3n) is 3.14. The Bertz CT molecular complexity index is 591. The number of hydrogen-bond donors (Lipinski definition) is 2. The summed E-state index contributed by atoms with van der Waals surface area (Å²) in [5, 5.41) is 2.95. The molecule has 0 spiro atoms. The van der Waals surface area contributed by atoms with Gasteiger partial charge in [0.25, 0.3) is 5.91 Å². The Kier molecular flexibility index (Phi) is 4.53. The zero-order valence-electron chi connectivity index (χ0n) is 11.8. The standard InChI is InChI=1S/C15H20N4O/c1-11-4-3-5-13(8-11)12(2)18-15(20)14-9-19(7-6-16)10-17-14/h3-5,8-10,12H,6-7,16H2,1-2H3,(H,18,20)/t12-/m0/s1. The van der Waals surface area contributed by atoms with Crippen LogP contribution in [0, 0.1) is 6.92 Å². The van der Waals surface area contributed by atoms with Gasteiger partial charge < -0.3 is 15.6 Å². The van der Waals surface area contributed by atoms with E-state index >= 15 is 0 Å². The largest absolute Gasteiger partial charge is 0.344 e. The fourth-order valence-electron chi connectivity index (χ4n) is 2.04. The highest BCUT2D eigenvalue weighted by Gasteiger charge is 2.13. The number of rotatable bonds is 5. The molecule has 3 N–H and O–H groups in total. The van der Waals surface area contributed by atoms with Crippen molar-refractivity contribution in [1.82, 2.24) is 14.9 Å². The van der Waals surface area contributed by atoms with Gasteiger partial charge in [-0.05, 0) is 19.4 Å². The van der Waals surface area contributed by atoms with E-state index in [0.717, 1.165) is 5.56 Å². The first-order valence-corrected chi connectivity index (χ1v) is 6.69. The lowest BCUT2D eigenvalue weighted by molar-refractivity contribution is 0.0935. The van der Waals surface area contributed by atoms with E-state index in [1.165, 1.54) is 5.56 Å². The van der Waals surface area contributed by atoms with Gasteiger partial charge in [-0.25, -0.2) is 4.98 Å². The van der Waals surface area contributed by atoms with Crippen LogP contribution in [0.1, 0.15) is 34.6 Å². The van der Waals surface area contributed by atoms with Gasteiger partial charge in [0.15, 0.2) is 0 Å². The molecule has 0 unspecified atom stereocenters. The van der Waals surface area contributed by atoms with Crippen LogP contribution >= 0.6 is 0 Å². The average molecular weight is 272 g/mol. The molecule has 0 aliphatic heterocycles. The minimum atomic E-state index is -0.172. The Hall–Kier alpha value is -2.14. The van der Waals surface area contributed by atoms with E-state index in [0.29, 0.717) is 18.8 Å². The second-order valence-corrected chi connectivity index (χ2v) is 4.89. The number of amides is 1. The predicted molar refractivity (Wildman–Crippen MR) is 78.3 cm³/mol. The van der Waals surface area contributed by atoms with Gasteiger partial charge in [-0.1, -0.05) is 29.8 Å². The number of aromatic nitrogens is 2. The maximum absolute atomic E-state index is 12.1. The molecule has 1 atom stereocenters. The normalized spacial score (nSPS) is 12.2. The number of carbonyl (C=O) groups is 1. The van der Waals surface area contributed by atoms with Crippen LogP contribution in [0.15, 0.2) is 36.8 Å². The van der Waals surface area contributed by atoms with Crippen LogP contribution < -0.4 is 11.1 Å². The van der Waals surface area contributed by atoms with Crippen molar-refractivity contribution in [2.24, 2.45) is 5.73 Å². The first-order chi connectivity index (χ1) is 9.60. The highest BCUT2D eigenvalue weighted by atomic mass is 16.1. The molecule has 5 nitrogen and oxygen atoms in total. The van der Waals surface area contributed by atoms with Gasteiger partial charge in [-0.3, -0.25) is 4.79 Å². The van der Waals surface area contributed by atoms with Gasteiger partial charge in [0.2, 0.25) is 0 Å². The number of hydrogen-bond acceptors (Lipinski definition) is 3. The molecule has 1 aromatic carbocycles. The molecule has 0 fully saturated rings. The van der Waals surface area contributed by atoms with Crippen LogP contribution in [0.4, 0.5) is 0 Å². The fourth-order valence-corrected chi connectivity index (χ4v) is 2.04. The van der Waals surface area contributed by atoms with Crippen molar-refractivity contribution >= 4 is 5.91 Å². The van der Waals surface area contributed by atoms with Gasteiger partial charge >= 0.3 is 0 Å². The monoisotopic (exact) mass is 272 g/mol. The Morgan fingerprint density at radius 1 is 1.50 bits per heavy atom. The molecule has 0 bridgehead atoms. The molecule has 1 amide bonds. The van der Waals surface area contributed by atoms with Crippen LogP contribution in [0.3, 0.4) is 0 Å². The van der Waals surface area contributed by atoms with Crippen LogP contribution in [0.2, 0.25) is 0 Å². The lowest BCUT2D eigenvalue weighted by Gasteiger charge is -2.14. The van der Waals surface area contributed by atoms with Gasteiger partial charge in [-0.2, -0.15) is 0 Å². The first-order valence-electron chi connectivity index (χ1n) is 6.69. The SMILES string of the molecule is Cc1cccc([C@H](C)NC(=O)c2cn(CCN)cn2)c1. The molecule has 0 radical (unpaired) electrons. The van der Waals surface area contributed by atoms with Gasteiger partial charge in [0.1, 0.15) is 5.69 Å². The molecule has 20 heavy (non-hydrogen) atoms. The quantitative estimate of drug-likeness (QED) is 0.869. The average Bonchev–Trinajstić information content (AvgIpc) is 2.88. The third-order valence-corrected chi connectivity index (χ3v) is 3.14. The number of nitrogens with zero attached hydrogens (tertiary/aromatic N) is 2. The summed E-state index contributed by atoms with van der Waals surface area (Å²) in [4.78, 5) is 16.2. The highest BCUT2D eigenvalue weighted by Crippen LogP contribution is 2.14. The molecule has 106 valence electrons. The summed E-state index contributed by atoms with van der Waals surface area (Å²) in [6.07, 6.45) is 3.34. The molecule has 5 heteroatoms. The summed E-state index contributed by atoms with van der Waals surface area (Å²) >= 11 is 0. The molecule has 0 saturated carbocycles. The molecule has 1 heterocycles. The number of benzene rings is 1. The number of carbonyl (C=O) groups excluding carboxylic acids is 1. The van der Waals surface area contributed by atoms with Crippen molar-refractivity contribution in [1.29, 1.82) is 0 Å². The zero-order valence-corrected chi connectivity index (χ0v) is 11.8. The minimum absolute atomic E-state index is 0.0536. The summed E-state index contributed by atoms with van der Waals surface area (Å²) in [5.41, 5.74) is 8.14. The summed E-state index contributed by atoms with van der Waals surface area (Å²) in [6, 6.07) is 8.04. The van der Waals surface area contributed by atoms with Crippen molar-refractivity contribution in [2.75, 3.05) is 6.54 Å². The summed E-state index contributed by atoms with van der Waals surface area (Å²) < 4.78 is 1.81. The fraction of sp³-hybridized carbons (Fsp3) is 0.333. The Morgan fingerprint density at radius 3 is 3.00 bits per heavy atom. The lowest BCUT2D eigenvalue weighted by atomic mass is 10.1. The summed E-state index contributed by atoms with van der Waals surface area (Å²) in [7, 11) is 0. The van der Waals surface area contributed by atoms with Gasteiger partial charge in [-0.15, -0.1) is 0 Å². The van der Waals surface area contributed by atoms with Crippen molar-refractivity contribution in [3.63, 3.8) is 0 Å². The molecular weight excluding hydrogens is 252 g/mol. The second-order valence-electron chi connectivity index (χ2n) is 4.89. The minimum Gasteiger partial charge on any atom is -0.344 e. The van der Waals surface area contributed by atoms with Crippen molar-refractivity contribution in [2.45, 2.75) is 26.4 Å². The van der Waals surface area contributed by atoms with E-state index in [4.69, 9.17) is 5.73 Å². The van der Waals surface area contributed by atoms with E-state index < -0.39 is 0 Å². The van der Waals surface area contributed by atoms with Gasteiger partial charge in [0, 0.05) is 19.3 Å². The molecular formula is C15H20N4O. The van der Waals surface area contributed by atoms with E-state index in [1.807, 2.05) is 36.6 Å². The molecule has 0 saturated heterocycles. The van der Waals surface area contributed by atoms with E-state index in [-0.39, 0.29) is 11.9 Å². The number of aryl methyl sites for hydroxylation is 1. The zero-order chi connectivity index (χ0) is 14.5. The predicted octanol–water partition coefficient (Wildman–Crippen LogP) is 1.64. The molecule has 0 aliphatic rings. The number of nitrogens with one attached hydrogen (secondary N) is 1. The van der Waals surface area contributed by atoms with E-state index in [2.05, 4.69) is 16.4 Å². The van der Waals surface area contributed by atoms with Crippen molar-refractivity contribution < 1.29 is 4.79 Å². The third kappa shape index (κ3) is 3.45. The summed E-state index contributed by atoms with van der Waals surface area (Å²) in [6.45, 7) is 5.18. The smallest absolute Gasteiger partial charge is 0.271 e. The summed E-state index contributed by atoms with van der Waals surface area (Å²) in [5.74, 6) is -0.172. The van der Waals surface area contributed by atoms with E-state index in [1.54, 1.807) is 12.5 Å². The van der Waals surface area contributed by atoms with E-state index in [9.17, 15) is 4.79 Å². The molecule has 1 aromatic heterocycles. The maximum Gasteiger partial charge on any atom is 0.271 e. The topological polar surface area (TPSA) is 72.9 Å². The van der Waals surface area contributed by atoms with Crippen LogP contribution in [-0.2, 0) is 6.54 Å². The lowest BCUT2D eigenvalue weighted by Crippen LogP contribution is -2.27. The molecule has 2 rings (SSSR count). The molecule has 2 aromatic rings. The van der Waals surface area contributed by atoms with Crippen LogP contribution in [0.5, 0.6) is 0 Å². The first kappa shape index (κ1) is 14.3. The van der Waals surface area contributed by atoms with Crippen LogP contribution in [0.25, 0.3) is 0 Å². The van der Waals surface area contributed by atoms with Crippen molar-refractivity contribution in [3.8, 4) is 0 Å². The van der Waals surface area contributed by atoms with Crippen molar-refractivity contribution in [3.05, 3.63) is 53.6 Å². The second kappa shape index (κ2) is 6.34. The highest BCUT2D eigenvalue weighted by molar-refractivity contribution is 5.92. The number of imidazole rings is 1.